The van der Waals surface area contributed by atoms with Gasteiger partial charge < -0.3 is 5.32 Å². The van der Waals surface area contributed by atoms with Gasteiger partial charge in [0, 0.05) is 11.3 Å². The van der Waals surface area contributed by atoms with E-state index in [1.54, 1.807) is 11.3 Å². The maximum Gasteiger partial charge on any atom is 0.153 e. The minimum absolute atomic E-state index is 0.188. The van der Waals surface area contributed by atoms with Crippen molar-refractivity contribution in [3.05, 3.63) is 22.4 Å². The SMILES string of the molecule is CCCC1(C(=O)CCc2cccs2)CCCN1. The molecule has 0 aliphatic carbocycles. The van der Waals surface area contributed by atoms with E-state index in [2.05, 4.69) is 29.8 Å². The summed E-state index contributed by atoms with van der Waals surface area (Å²) in [7, 11) is 0. The van der Waals surface area contributed by atoms with Crippen LogP contribution < -0.4 is 5.32 Å². The highest BCUT2D eigenvalue weighted by Crippen LogP contribution is 2.27. The van der Waals surface area contributed by atoms with Crippen LogP contribution in [0.4, 0.5) is 0 Å². The van der Waals surface area contributed by atoms with Crippen LogP contribution in [-0.2, 0) is 11.2 Å². The van der Waals surface area contributed by atoms with Crippen LogP contribution >= 0.6 is 11.3 Å². The maximum absolute atomic E-state index is 12.4. The third-order valence-electron chi connectivity index (χ3n) is 3.63. The zero-order chi connectivity index (χ0) is 12.1. The van der Waals surface area contributed by atoms with Crippen molar-refractivity contribution < 1.29 is 4.79 Å². The predicted molar refractivity (Wildman–Crippen MR) is 72.5 cm³/mol. The summed E-state index contributed by atoms with van der Waals surface area (Å²) in [6, 6.07) is 4.17. The number of carbonyl (C=O) groups excluding carboxylic acids is 1. The van der Waals surface area contributed by atoms with Crippen molar-refractivity contribution in [2.75, 3.05) is 6.54 Å². The molecule has 0 amide bonds. The lowest BCUT2D eigenvalue weighted by Crippen LogP contribution is -2.47. The van der Waals surface area contributed by atoms with Gasteiger partial charge in [-0.3, -0.25) is 4.79 Å². The van der Waals surface area contributed by atoms with E-state index in [1.165, 1.54) is 4.88 Å². The number of thiophene rings is 1. The second kappa shape index (κ2) is 5.78. The van der Waals surface area contributed by atoms with E-state index in [4.69, 9.17) is 0 Å². The molecule has 1 unspecified atom stereocenters. The molecule has 1 aromatic rings. The number of hydrogen-bond acceptors (Lipinski definition) is 3. The van der Waals surface area contributed by atoms with E-state index in [-0.39, 0.29) is 5.54 Å². The smallest absolute Gasteiger partial charge is 0.153 e. The van der Waals surface area contributed by atoms with Crippen LogP contribution in [0.15, 0.2) is 17.5 Å². The molecule has 1 aliphatic rings. The molecular weight excluding hydrogens is 230 g/mol. The Balaban J connectivity index is 1.92. The lowest BCUT2D eigenvalue weighted by atomic mass is 9.85. The van der Waals surface area contributed by atoms with E-state index >= 15 is 0 Å². The zero-order valence-electron chi connectivity index (χ0n) is 10.5. The summed E-state index contributed by atoms with van der Waals surface area (Å²) in [6.45, 7) is 3.17. The fourth-order valence-corrected chi connectivity index (χ4v) is 3.46. The molecule has 1 aromatic heterocycles. The molecule has 17 heavy (non-hydrogen) atoms. The van der Waals surface area contributed by atoms with Crippen molar-refractivity contribution in [3.8, 4) is 0 Å². The summed E-state index contributed by atoms with van der Waals surface area (Å²) in [5.74, 6) is 0.422. The normalized spacial score (nSPS) is 24.1. The van der Waals surface area contributed by atoms with E-state index in [0.29, 0.717) is 12.2 Å². The van der Waals surface area contributed by atoms with Crippen LogP contribution in [-0.4, -0.2) is 17.9 Å². The molecule has 2 nitrogen and oxygen atoms in total. The molecule has 1 aliphatic heterocycles. The first-order valence-electron chi connectivity index (χ1n) is 6.57. The van der Waals surface area contributed by atoms with Gasteiger partial charge in [0.25, 0.3) is 0 Å². The number of rotatable bonds is 6. The fourth-order valence-electron chi connectivity index (χ4n) is 2.75. The molecule has 1 N–H and O–H groups in total. The van der Waals surface area contributed by atoms with Gasteiger partial charge in [0.2, 0.25) is 0 Å². The number of nitrogens with one attached hydrogen (secondary N) is 1. The minimum Gasteiger partial charge on any atom is -0.305 e. The third kappa shape index (κ3) is 2.96. The highest BCUT2D eigenvalue weighted by atomic mass is 32.1. The molecule has 0 aromatic carbocycles. The summed E-state index contributed by atoms with van der Waals surface area (Å²) in [5.41, 5.74) is -0.188. The molecule has 3 heteroatoms. The van der Waals surface area contributed by atoms with E-state index < -0.39 is 0 Å². The van der Waals surface area contributed by atoms with Crippen molar-refractivity contribution in [3.63, 3.8) is 0 Å². The van der Waals surface area contributed by atoms with Gasteiger partial charge in [-0.2, -0.15) is 0 Å². The largest absolute Gasteiger partial charge is 0.305 e. The average molecular weight is 251 g/mol. The number of carbonyl (C=O) groups is 1. The Morgan fingerprint density at radius 3 is 3.06 bits per heavy atom. The zero-order valence-corrected chi connectivity index (χ0v) is 11.3. The summed E-state index contributed by atoms with van der Waals surface area (Å²) >= 11 is 1.75. The third-order valence-corrected chi connectivity index (χ3v) is 4.57. The summed E-state index contributed by atoms with van der Waals surface area (Å²) in [4.78, 5) is 13.7. The van der Waals surface area contributed by atoms with Crippen LogP contribution in [0.2, 0.25) is 0 Å². The Hall–Kier alpha value is -0.670. The molecule has 1 atom stereocenters. The Morgan fingerprint density at radius 2 is 2.47 bits per heavy atom. The molecule has 1 saturated heterocycles. The summed E-state index contributed by atoms with van der Waals surface area (Å²) in [6.07, 6.45) is 5.85. The Morgan fingerprint density at radius 1 is 1.59 bits per heavy atom. The minimum atomic E-state index is -0.188. The van der Waals surface area contributed by atoms with E-state index in [1.807, 2.05) is 0 Å². The van der Waals surface area contributed by atoms with E-state index in [0.717, 1.165) is 38.6 Å². The summed E-state index contributed by atoms with van der Waals surface area (Å²) < 4.78 is 0. The number of ketones is 1. The molecule has 2 heterocycles. The predicted octanol–water partition coefficient (Wildman–Crippen LogP) is 3.17. The molecule has 0 bridgehead atoms. The Bertz CT molecular complexity index is 352. The highest BCUT2D eigenvalue weighted by molar-refractivity contribution is 7.09. The lowest BCUT2D eigenvalue weighted by molar-refractivity contribution is -0.125. The standard InChI is InChI=1S/C14H21NOS/c1-2-8-14(9-4-10-15-14)13(16)7-6-12-5-3-11-17-12/h3,5,11,15H,2,4,6-10H2,1H3. The summed E-state index contributed by atoms with van der Waals surface area (Å²) in [5, 5.41) is 5.53. The van der Waals surface area contributed by atoms with Gasteiger partial charge in [-0.05, 0) is 43.7 Å². The Labute approximate surface area is 107 Å². The highest BCUT2D eigenvalue weighted by Gasteiger charge is 2.38. The van der Waals surface area contributed by atoms with Gasteiger partial charge in [-0.25, -0.2) is 0 Å². The van der Waals surface area contributed by atoms with Gasteiger partial charge in [0.1, 0.15) is 0 Å². The van der Waals surface area contributed by atoms with Gasteiger partial charge in [0.15, 0.2) is 5.78 Å². The fraction of sp³-hybridized carbons (Fsp3) is 0.643. The van der Waals surface area contributed by atoms with Crippen LogP contribution in [0.3, 0.4) is 0 Å². The maximum atomic E-state index is 12.4. The van der Waals surface area contributed by atoms with Gasteiger partial charge >= 0.3 is 0 Å². The number of aryl methyl sites for hydroxylation is 1. The molecular formula is C14H21NOS. The molecule has 0 spiro atoms. The number of hydrogen-bond donors (Lipinski definition) is 1. The van der Waals surface area contributed by atoms with Crippen LogP contribution in [0.25, 0.3) is 0 Å². The topological polar surface area (TPSA) is 29.1 Å². The van der Waals surface area contributed by atoms with Crippen molar-refractivity contribution in [2.24, 2.45) is 0 Å². The van der Waals surface area contributed by atoms with Crippen LogP contribution in [0.1, 0.15) is 43.9 Å². The molecule has 94 valence electrons. The van der Waals surface area contributed by atoms with Gasteiger partial charge in [-0.15, -0.1) is 11.3 Å². The van der Waals surface area contributed by atoms with Crippen molar-refractivity contribution in [1.82, 2.24) is 5.32 Å². The molecule has 0 saturated carbocycles. The lowest BCUT2D eigenvalue weighted by Gasteiger charge is -2.27. The monoisotopic (exact) mass is 251 g/mol. The molecule has 2 rings (SSSR count). The quantitative estimate of drug-likeness (QED) is 0.841. The van der Waals surface area contributed by atoms with Crippen molar-refractivity contribution in [1.29, 1.82) is 0 Å². The first kappa shape index (κ1) is 12.8. The van der Waals surface area contributed by atoms with Crippen LogP contribution in [0.5, 0.6) is 0 Å². The van der Waals surface area contributed by atoms with Gasteiger partial charge in [0.05, 0.1) is 5.54 Å². The average Bonchev–Trinajstić information content (AvgIpc) is 2.97. The van der Waals surface area contributed by atoms with Crippen LogP contribution in [0, 0.1) is 0 Å². The number of Topliss-reactive ketones (excluding diaryl/α,β-unsaturated/α-hetero) is 1. The first-order chi connectivity index (χ1) is 8.27. The van der Waals surface area contributed by atoms with Crippen molar-refractivity contribution in [2.45, 2.75) is 51.0 Å². The van der Waals surface area contributed by atoms with E-state index in [9.17, 15) is 4.79 Å². The Kier molecular flexibility index (Phi) is 4.35. The first-order valence-corrected chi connectivity index (χ1v) is 7.45. The molecule has 1 fully saturated rings. The van der Waals surface area contributed by atoms with Gasteiger partial charge in [-0.1, -0.05) is 19.4 Å². The van der Waals surface area contributed by atoms with Crippen molar-refractivity contribution >= 4 is 17.1 Å². The molecule has 0 radical (unpaired) electrons. The second-order valence-corrected chi connectivity index (χ2v) is 5.90. The second-order valence-electron chi connectivity index (χ2n) is 4.86.